The van der Waals surface area contributed by atoms with Crippen LogP contribution in [0.1, 0.15) is 30.5 Å². The third-order valence-electron chi connectivity index (χ3n) is 4.79. The fourth-order valence-electron chi connectivity index (χ4n) is 3.11. The van der Waals surface area contributed by atoms with Crippen molar-refractivity contribution >= 4 is 5.91 Å². The molecule has 2 heterocycles. The average molecular weight is 308 g/mol. The Hall–Kier alpha value is -1.40. The van der Waals surface area contributed by atoms with Crippen LogP contribution in [-0.4, -0.2) is 69.9 Å². The van der Waals surface area contributed by atoms with E-state index in [1.807, 2.05) is 43.8 Å². The third kappa shape index (κ3) is 3.87. The summed E-state index contributed by atoms with van der Waals surface area (Å²) in [6.45, 7) is 3.40. The Morgan fingerprint density at radius 3 is 2.68 bits per heavy atom. The summed E-state index contributed by atoms with van der Waals surface area (Å²) in [5, 5.41) is 14.4. The SMILES string of the molecule is Cc1c(CCC(=O)N2CC[C@H](O)[C@@H](N(C)C)CC2)cnn1C. The number of amides is 1. The van der Waals surface area contributed by atoms with E-state index in [1.54, 1.807) is 0 Å². The fraction of sp³-hybridized carbons (Fsp3) is 0.750. The van der Waals surface area contributed by atoms with Crippen molar-refractivity contribution < 1.29 is 9.90 Å². The topological polar surface area (TPSA) is 61.6 Å². The molecule has 1 fully saturated rings. The number of likely N-dealkylation sites (N-methyl/N-ethyl adjacent to an activating group) is 1. The molecule has 2 atom stereocenters. The van der Waals surface area contributed by atoms with E-state index >= 15 is 0 Å². The zero-order chi connectivity index (χ0) is 16.3. The monoisotopic (exact) mass is 308 g/mol. The lowest BCUT2D eigenvalue weighted by molar-refractivity contribution is -0.131. The van der Waals surface area contributed by atoms with Crippen LogP contribution in [0.2, 0.25) is 0 Å². The molecule has 1 amide bonds. The minimum atomic E-state index is -0.353. The van der Waals surface area contributed by atoms with Gasteiger partial charge in [0.2, 0.25) is 5.91 Å². The van der Waals surface area contributed by atoms with E-state index in [2.05, 4.69) is 10.00 Å². The average Bonchev–Trinajstić information content (AvgIpc) is 2.68. The Morgan fingerprint density at radius 1 is 1.41 bits per heavy atom. The van der Waals surface area contributed by atoms with E-state index in [0.29, 0.717) is 19.4 Å². The number of aromatic nitrogens is 2. The molecule has 0 saturated carbocycles. The first kappa shape index (κ1) is 17.0. The molecule has 6 nitrogen and oxygen atoms in total. The Morgan fingerprint density at radius 2 is 2.09 bits per heavy atom. The van der Waals surface area contributed by atoms with Gasteiger partial charge in [0.1, 0.15) is 0 Å². The summed E-state index contributed by atoms with van der Waals surface area (Å²) in [6, 6.07) is 0.137. The van der Waals surface area contributed by atoms with Gasteiger partial charge in [-0.3, -0.25) is 9.48 Å². The lowest BCUT2D eigenvalue weighted by Gasteiger charge is -2.26. The Kier molecular flexibility index (Phi) is 5.58. The first-order valence-electron chi connectivity index (χ1n) is 8.00. The first-order chi connectivity index (χ1) is 10.4. The number of hydrogen-bond donors (Lipinski definition) is 1. The van der Waals surface area contributed by atoms with Crippen molar-refractivity contribution in [1.29, 1.82) is 0 Å². The van der Waals surface area contributed by atoms with Crippen LogP contribution in [0, 0.1) is 6.92 Å². The number of carbonyl (C=O) groups is 1. The minimum absolute atomic E-state index is 0.137. The smallest absolute Gasteiger partial charge is 0.222 e. The highest BCUT2D eigenvalue weighted by atomic mass is 16.3. The van der Waals surface area contributed by atoms with Gasteiger partial charge in [0, 0.05) is 38.3 Å². The van der Waals surface area contributed by atoms with Gasteiger partial charge in [0.25, 0.3) is 0 Å². The van der Waals surface area contributed by atoms with Gasteiger partial charge in [-0.2, -0.15) is 5.10 Å². The van der Waals surface area contributed by atoms with Crippen LogP contribution >= 0.6 is 0 Å². The summed E-state index contributed by atoms with van der Waals surface area (Å²) in [5.74, 6) is 0.176. The van der Waals surface area contributed by atoms with Crippen molar-refractivity contribution in [2.45, 2.75) is 44.8 Å². The molecule has 124 valence electrons. The summed E-state index contributed by atoms with van der Waals surface area (Å²) in [6.07, 6.45) is 4.21. The van der Waals surface area contributed by atoms with Crippen molar-refractivity contribution in [2.75, 3.05) is 27.2 Å². The van der Waals surface area contributed by atoms with E-state index in [0.717, 1.165) is 30.6 Å². The molecule has 6 heteroatoms. The standard InChI is InChI=1S/C16H28N4O2/c1-12-13(11-17-19(12)4)5-6-16(22)20-9-7-14(18(2)3)15(21)8-10-20/h11,14-15,21H,5-10H2,1-4H3/t14-,15-/m0/s1. The van der Waals surface area contributed by atoms with E-state index in [-0.39, 0.29) is 18.1 Å². The number of aliphatic hydroxyl groups excluding tert-OH is 1. The maximum Gasteiger partial charge on any atom is 0.222 e. The lowest BCUT2D eigenvalue weighted by atomic mass is 10.1. The molecule has 1 aromatic heterocycles. The van der Waals surface area contributed by atoms with Crippen LogP contribution in [0.3, 0.4) is 0 Å². The number of hydrogen-bond acceptors (Lipinski definition) is 4. The summed E-state index contributed by atoms with van der Waals surface area (Å²) >= 11 is 0. The first-order valence-corrected chi connectivity index (χ1v) is 8.00. The Labute approximate surface area is 132 Å². The van der Waals surface area contributed by atoms with Crippen LogP contribution in [0.4, 0.5) is 0 Å². The van der Waals surface area contributed by atoms with Gasteiger partial charge in [-0.1, -0.05) is 0 Å². The maximum atomic E-state index is 12.4. The van der Waals surface area contributed by atoms with E-state index in [1.165, 1.54) is 0 Å². The molecule has 1 aromatic rings. The second-order valence-corrected chi connectivity index (χ2v) is 6.44. The highest BCUT2D eigenvalue weighted by molar-refractivity contribution is 5.76. The molecule has 0 aromatic carbocycles. The molecule has 0 aliphatic carbocycles. The number of rotatable bonds is 4. The summed E-state index contributed by atoms with van der Waals surface area (Å²) in [5.41, 5.74) is 2.25. The van der Waals surface area contributed by atoms with Gasteiger partial charge in [-0.15, -0.1) is 0 Å². The normalized spacial score (nSPS) is 22.9. The van der Waals surface area contributed by atoms with Gasteiger partial charge in [-0.05, 0) is 45.8 Å². The van der Waals surface area contributed by atoms with Gasteiger partial charge in [0.05, 0.1) is 12.3 Å². The van der Waals surface area contributed by atoms with Crippen LogP contribution in [-0.2, 0) is 18.3 Å². The zero-order valence-corrected chi connectivity index (χ0v) is 14.1. The van der Waals surface area contributed by atoms with Crippen LogP contribution < -0.4 is 0 Å². The second-order valence-electron chi connectivity index (χ2n) is 6.44. The molecule has 1 aliphatic heterocycles. The van der Waals surface area contributed by atoms with Crippen LogP contribution in [0.5, 0.6) is 0 Å². The number of aliphatic hydroxyl groups is 1. The quantitative estimate of drug-likeness (QED) is 0.883. The number of aryl methyl sites for hydroxylation is 2. The number of carbonyl (C=O) groups excluding carboxylic acids is 1. The minimum Gasteiger partial charge on any atom is -0.391 e. The molecule has 0 spiro atoms. The third-order valence-corrected chi connectivity index (χ3v) is 4.79. The van der Waals surface area contributed by atoms with Gasteiger partial charge < -0.3 is 14.9 Å². The highest BCUT2D eigenvalue weighted by Gasteiger charge is 2.27. The molecule has 1 saturated heterocycles. The van der Waals surface area contributed by atoms with E-state index < -0.39 is 0 Å². The molecular weight excluding hydrogens is 280 g/mol. The van der Waals surface area contributed by atoms with Crippen LogP contribution in [0.25, 0.3) is 0 Å². The zero-order valence-electron chi connectivity index (χ0n) is 14.1. The Bertz CT molecular complexity index is 512. The van der Waals surface area contributed by atoms with Gasteiger partial charge >= 0.3 is 0 Å². The second kappa shape index (κ2) is 7.24. The molecule has 2 rings (SSSR count). The summed E-state index contributed by atoms with van der Waals surface area (Å²) in [7, 11) is 5.88. The molecule has 1 aliphatic rings. The molecule has 0 radical (unpaired) electrons. The maximum absolute atomic E-state index is 12.4. The molecule has 0 unspecified atom stereocenters. The molecule has 0 bridgehead atoms. The molecular formula is C16H28N4O2. The number of nitrogens with zero attached hydrogens (tertiary/aromatic N) is 4. The summed E-state index contributed by atoms with van der Waals surface area (Å²) in [4.78, 5) is 16.4. The lowest BCUT2D eigenvalue weighted by Crippen LogP contribution is -2.38. The van der Waals surface area contributed by atoms with Crippen LogP contribution in [0.15, 0.2) is 6.20 Å². The van der Waals surface area contributed by atoms with Crippen molar-refractivity contribution in [3.63, 3.8) is 0 Å². The highest BCUT2D eigenvalue weighted by Crippen LogP contribution is 2.17. The van der Waals surface area contributed by atoms with Crippen molar-refractivity contribution in [2.24, 2.45) is 7.05 Å². The molecule has 22 heavy (non-hydrogen) atoms. The van der Waals surface area contributed by atoms with Crippen molar-refractivity contribution in [3.8, 4) is 0 Å². The van der Waals surface area contributed by atoms with Crippen molar-refractivity contribution in [1.82, 2.24) is 19.6 Å². The van der Waals surface area contributed by atoms with Gasteiger partial charge in [0.15, 0.2) is 0 Å². The summed E-state index contributed by atoms with van der Waals surface area (Å²) < 4.78 is 1.84. The van der Waals surface area contributed by atoms with E-state index in [9.17, 15) is 9.90 Å². The molecule has 1 N–H and O–H groups in total. The van der Waals surface area contributed by atoms with Gasteiger partial charge in [-0.25, -0.2) is 0 Å². The Balaban J connectivity index is 1.89. The van der Waals surface area contributed by atoms with Crippen molar-refractivity contribution in [3.05, 3.63) is 17.5 Å². The largest absolute Gasteiger partial charge is 0.391 e. The predicted octanol–water partition coefficient (Wildman–Crippen LogP) is 0.575. The van der Waals surface area contributed by atoms with E-state index in [4.69, 9.17) is 0 Å². The number of likely N-dealkylation sites (tertiary alicyclic amines) is 1. The fourth-order valence-corrected chi connectivity index (χ4v) is 3.11. The predicted molar refractivity (Wildman–Crippen MR) is 85.6 cm³/mol.